The second-order valence-electron chi connectivity index (χ2n) is 4.63. The minimum atomic E-state index is 0.358. The van der Waals surface area contributed by atoms with Gasteiger partial charge in [-0.3, -0.25) is 0 Å². The van der Waals surface area contributed by atoms with Gasteiger partial charge in [-0.05, 0) is 32.2 Å². The third-order valence-electron chi connectivity index (χ3n) is 3.44. The number of hydrogen-bond acceptors (Lipinski definition) is 4. The highest BCUT2D eigenvalue weighted by Gasteiger charge is 2.23. The summed E-state index contributed by atoms with van der Waals surface area (Å²) in [7, 11) is 0. The normalized spacial score (nSPS) is 30.0. The average molecular weight is 222 g/mol. The van der Waals surface area contributed by atoms with E-state index < -0.39 is 0 Å². The largest absolute Gasteiger partial charge is 0.376 e. The fraction of sp³-hybridized carbons (Fsp3) is 0.818. The van der Waals surface area contributed by atoms with E-state index >= 15 is 0 Å². The molecule has 2 atom stereocenters. The van der Waals surface area contributed by atoms with Crippen molar-refractivity contribution in [2.45, 2.75) is 44.4 Å². The number of hydrogen-bond donors (Lipinski definition) is 1. The fourth-order valence-electron chi connectivity index (χ4n) is 2.59. The van der Waals surface area contributed by atoms with Crippen LogP contribution >= 0.6 is 0 Å². The molecule has 0 spiro atoms. The fourth-order valence-corrected chi connectivity index (χ4v) is 2.59. The molecule has 0 amide bonds. The Morgan fingerprint density at radius 2 is 2.44 bits per heavy atom. The highest BCUT2D eigenvalue weighted by Crippen LogP contribution is 2.22. The zero-order valence-corrected chi connectivity index (χ0v) is 9.43. The van der Waals surface area contributed by atoms with Crippen molar-refractivity contribution in [2.24, 2.45) is 0 Å². The molecule has 1 N–H and O–H groups in total. The summed E-state index contributed by atoms with van der Waals surface area (Å²) in [4.78, 5) is 0. The summed E-state index contributed by atoms with van der Waals surface area (Å²) in [5.74, 6) is 1.08. The molecular formula is C11H18N4O. The molecule has 16 heavy (non-hydrogen) atoms. The second kappa shape index (κ2) is 4.51. The highest BCUT2D eigenvalue weighted by molar-refractivity contribution is 4.98. The zero-order chi connectivity index (χ0) is 10.8. The van der Waals surface area contributed by atoms with Gasteiger partial charge in [-0.2, -0.15) is 0 Å². The number of ether oxygens (including phenoxy) is 1. The summed E-state index contributed by atoms with van der Waals surface area (Å²) in [6.07, 6.45) is 6.94. The number of rotatable bonds is 3. The quantitative estimate of drug-likeness (QED) is 0.825. The first kappa shape index (κ1) is 10.2. The van der Waals surface area contributed by atoms with Gasteiger partial charge in [0.25, 0.3) is 0 Å². The van der Waals surface area contributed by atoms with E-state index in [1.807, 2.05) is 6.33 Å². The Bertz CT molecular complexity index is 340. The van der Waals surface area contributed by atoms with Gasteiger partial charge in [0.1, 0.15) is 12.2 Å². The van der Waals surface area contributed by atoms with E-state index in [1.165, 1.54) is 19.3 Å². The van der Waals surface area contributed by atoms with Gasteiger partial charge < -0.3 is 14.6 Å². The Kier molecular flexibility index (Phi) is 2.88. The van der Waals surface area contributed by atoms with Crippen LogP contribution in [0, 0.1) is 0 Å². The molecule has 0 radical (unpaired) electrons. The molecule has 2 unspecified atom stereocenters. The lowest BCUT2D eigenvalue weighted by Crippen LogP contribution is -2.22. The van der Waals surface area contributed by atoms with Crippen LogP contribution in [-0.2, 0) is 11.3 Å². The van der Waals surface area contributed by atoms with Gasteiger partial charge in [-0.1, -0.05) is 0 Å². The van der Waals surface area contributed by atoms with Crippen molar-refractivity contribution in [1.29, 1.82) is 0 Å². The lowest BCUT2D eigenvalue weighted by Gasteiger charge is -2.15. The van der Waals surface area contributed by atoms with E-state index in [0.717, 1.165) is 31.9 Å². The number of aromatic nitrogens is 3. The van der Waals surface area contributed by atoms with Crippen molar-refractivity contribution in [3.8, 4) is 0 Å². The van der Waals surface area contributed by atoms with Crippen molar-refractivity contribution in [1.82, 2.24) is 20.1 Å². The first-order valence-electron chi connectivity index (χ1n) is 6.16. The zero-order valence-electron chi connectivity index (χ0n) is 9.43. The third-order valence-corrected chi connectivity index (χ3v) is 3.44. The minimum absolute atomic E-state index is 0.358. The molecule has 3 rings (SSSR count). The number of nitrogens with zero attached hydrogens (tertiary/aromatic N) is 3. The summed E-state index contributed by atoms with van der Waals surface area (Å²) in [5, 5.41) is 11.7. The van der Waals surface area contributed by atoms with Gasteiger partial charge in [0.2, 0.25) is 0 Å². The van der Waals surface area contributed by atoms with E-state index in [0.29, 0.717) is 12.1 Å². The summed E-state index contributed by atoms with van der Waals surface area (Å²) >= 11 is 0. The van der Waals surface area contributed by atoms with Gasteiger partial charge in [-0.15, -0.1) is 10.2 Å². The first-order chi connectivity index (χ1) is 7.93. The second-order valence-corrected chi connectivity index (χ2v) is 4.63. The van der Waals surface area contributed by atoms with E-state index in [-0.39, 0.29) is 0 Å². The Morgan fingerprint density at radius 3 is 3.19 bits per heavy atom. The van der Waals surface area contributed by atoms with Crippen LogP contribution in [0.1, 0.15) is 37.5 Å². The topological polar surface area (TPSA) is 52.0 Å². The third kappa shape index (κ3) is 1.97. The van der Waals surface area contributed by atoms with Crippen LogP contribution in [0.4, 0.5) is 0 Å². The average Bonchev–Trinajstić information content (AvgIpc) is 2.98. The molecule has 2 saturated heterocycles. The Balaban J connectivity index is 1.71. The standard InChI is InChI=1S/C11H18N4O/c1-4-10(12-5-1)11-14-13-8-15(11)7-9-3-2-6-16-9/h8-10,12H,1-7H2. The summed E-state index contributed by atoms with van der Waals surface area (Å²) in [5.41, 5.74) is 0. The lowest BCUT2D eigenvalue weighted by molar-refractivity contribution is 0.0958. The van der Waals surface area contributed by atoms with Crippen LogP contribution in [-0.4, -0.2) is 34.0 Å². The highest BCUT2D eigenvalue weighted by atomic mass is 16.5. The molecule has 3 heterocycles. The monoisotopic (exact) mass is 222 g/mol. The molecular weight excluding hydrogens is 204 g/mol. The number of nitrogens with one attached hydrogen (secondary N) is 1. The summed E-state index contributed by atoms with van der Waals surface area (Å²) < 4.78 is 7.80. The maximum Gasteiger partial charge on any atom is 0.150 e. The van der Waals surface area contributed by atoms with Gasteiger partial charge >= 0.3 is 0 Å². The molecule has 5 nitrogen and oxygen atoms in total. The predicted molar refractivity (Wildman–Crippen MR) is 59.0 cm³/mol. The van der Waals surface area contributed by atoms with E-state index in [4.69, 9.17) is 4.74 Å². The van der Waals surface area contributed by atoms with E-state index in [1.54, 1.807) is 0 Å². The van der Waals surface area contributed by atoms with Gasteiger partial charge in [-0.25, -0.2) is 0 Å². The van der Waals surface area contributed by atoms with Crippen molar-refractivity contribution in [3.63, 3.8) is 0 Å². The van der Waals surface area contributed by atoms with E-state index in [2.05, 4.69) is 20.1 Å². The molecule has 2 aliphatic heterocycles. The molecule has 1 aromatic rings. The van der Waals surface area contributed by atoms with Crippen LogP contribution in [0.15, 0.2) is 6.33 Å². The van der Waals surface area contributed by atoms with Crippen molar-refractivity contribution < 1.29 is 4.74 Å². The van der Waals surface area contributed by atoms with Crippen LogP contribution in [0.2, 0.25) is 0 Å². The molecule has 5 heteroatoms. The SMILES string of the molecule is c1nnc(C2CCCN2)n1CC1CCCO1. The molecule has 0 saturated carbocycles. The Labute approximate surface area is 95.2 Å². The molecule has 0 aliphatic carbocycles. The van der Waals surface area contributed by atoms with Crippen LogP contribution in [0.5, 0.6) is 0 Å². The van der Waals surface area contributed by atoms with Crippen LogP contribution < -0.4 is 5.32 Å². The maximum atomic E-state index is 5.65. The lowest BCUT2D eigenvalue weighted by atomic mass is 10.2. The summed E-state index contributed by atoms with van der Waals surface area (Å²) in [6.45, 7) is 2.90. The predicted octanol–water partition coefficient (Wildman–Crippen LogP) is 0.882. The van der Waals surface area contributed by atoms with Crippen LogP contribution in [0.3, 0.4) is 0 Å². The molecule has 0 bridgehead atoms. The smallest absolute Gasteiger partial charge is 0.150 e. The molecule has 2 aliphatic rings. The Morgan fingerprint density at radius 1 is 1.44 bits per heavy atom. The first-order valence-corrected chi connectivity index (χ1v) is 6.16. The van der Waals surface area contributed by atoms with Gasteiger partial charge in [0.05, 0.1) is 18.7 Å². The van der Waals surface area contributed by atoms with E-state index in [9.17, 15) is 0 Å². The van der Waals surface area contributed by atoms with Gasteiger partial charge in [0.15, 0.2) is 0 Å². The van der Waals surface area contributed by atoms with Crippen molar-refractivity contribution >= 4 is 0 Å². The molecule has 0 aromatic carbocycles. The maximum absolute atomic E-state index is 5.65. The van der Waals surface area contributed by atoms with Crippen molar-refractivity contribution in [3.05, 3.63) is 12.2 Å². The molecule has 88 valence electrons. The van der Waals surface area contributed by atoms with Crippen LogP contribution in [0.25, 0.3) is 0 Å². The van der Waals surface area contributed by atoms with Crippen molar-refractivity contribution in [2.75, 3.05) is 13.2 Å². The minimum Gasteiger partial charge on any atom is -0.376 e. The van der Waals surface area contributed by atoms with Gasteiger partial charge in [0, 0.05) is 6.61 Å². The molecule has 2 fully saturated rings. The summed E-state index contributed by atoms with van der Waals surface area (Å²) in [6, 6.07) is 0.393. The molecule has 1 aromatic heterocycles. The Hall–Kier alpha value is -0.940.